The maximum Gasteiger partial charge on any atom is 0.130 e. The number of benzene rings is 3. The predicted octanol–water partition coefficient (Wildman–Crippen LogP) is 5.34. The molecule has 1 heteroatoms. The lowest BCUT2D eigenvalue weighted by molar-refractivity contribution is 0.413. The highest BCUT2D eigenvalue weighted by Crippen LogP contribution is 2.40. The van der Waals surface area contributed by atoms with Crippen molar-refractivity contribution in [1.29, 1.82) is 0 Å². The summed E-state index contributed by atoms with van der Waals surface area (Å²) < 4.78 is 5.69. The zero-order valence-corrected chi connectivity index (χ0v) is 12.3. The molecule has 0 aliphatic rings. The summed E-state index contributed by atoms with van der Waals surface area (Å²) >= 11 is 0. The van der Waals surface area contributed by atoms with Gasteiger partial charge in [0.15, 0.2) is 0 Å². The fraction of sp³-hybridized carbons (Fsp3) is 0.100. The summed E-state index contributed by atoms with van der Waals surface area (Å²) in [5.41, 5.74) is 5.89. The van der Waals surface area contributed by atoms with Crippen molar-refractivity contribution in [3.05, 3.63) is 78.4 Å². The molecule has 0 heterocycles. The van der Waals surface area contributed by atoms with Gasteiger partial charge < -0.3 is 4.74 Å². The third kappa shape index (κ3) is 2.55. The maximum atomic E-state index is 5.69. The summed E-state index contributed by atoms with van der Waals surface area (Å²) in [6, 6.07) is 25.2. The molecule has 0 spiro atoms. The van der Waals surface area contributed by atoms with Gasteiger partial charge in [0, 0.05) is 5.56 Å². The minimum absolute atomic E-state index is 0.947. The summed E-state index contributed by atoms with van der Waals surface area (Å²) in [6.07, 6.45) is 0. The van der Waals surface area contributed by atoms with Gasteiger partial charge in [0.1, 0.15) is 5.75 Å². The molecule has 104 valence electrons. The lowest BCUT2D eigenvalue weighted by Gasteiger charge is -2.17. The van der Waals surface area contributed by atoms with Gasteiger partial charge in [0.05, 0.1) is 7.11 Å². The van der Waals surface area contributed by atoms with Gasteiger partial charge in [-0.3, -0.25) is 0 Å². The fourth-order valence-corrected chi connectivity index (χ4v) is 2.70. The van der Waals surface area contributed by atoms with Crippen LogP contribution in [0.2, 0.25) is 0 Å². The molecule has 0 saturated carbocycles. The van der Waals surface area contributed by atoms with E-state index in [1.165, 1.54) is 16.7 Å². The van der Waals surface area contributed by atoms with Crippen molar-refractivity contribution in [3.8, 4) is 28.0 Å². The number of hydrogen-bond acceptors (Lipinski definition) is 1. The van der Waals surface area contributed by atoms with Crippen molar-refractivity contribution in [1.82, 2.24) is 0 Å². The topological polar surface area (TPSA) is 9.23 Å². The van der Waals surface area contributed by atoms with E-state index in [9.17, 15) is 0 Å². The second-order valence-electron chi connectivity index (χ2n) is 5.07. The quantitative estimate of drug-likeness (QED) is 0.626. The minimum atomic E-state index is 0.947. The van der Waals surface area contributed by atoms with E-state index in [1.807, 2.05) is 12.1 Å². The van der Waals surface area contributed by atoms with Crippen LogP contribution in [0.4, 0.5) is 0 Å². The van der Waals surface area contributed by atoms with Crippen molar-refractivity contribution in [3.63, 3.8) is 0 Å². The van der Waals surface area contributed by atoms with Crippen LogP contribution in [0.25, 0.3) is 22.3 Å². The van der Waals surface area contributed by atoms with Crippen LogP contribution in [-0.4, -0.2) is 7.11 Å². The van der Waals surface area contributed by atoms with E-state index in [-0.39, 0.29) is 0 Å². The molecular weight excluding hydrogens is 256 g/mol. The Morgan fingerprint density at radius 1 is 0.667 bits per heavy atom. The second kappa shape index (κ2) is 5.84. The lowest BCUT2D eigenvalue weighted by atomic mass is 9.92. The smallest absolute Gasteiger partial charge is 0.130 e. The van der Waals surface area contributed by atoms with Crippen LogP contribution in [0.15, 0.2) is 72.8 Å². The van der Waals surface area contributed by atoms with E-state index in [4.69, 9.17) is 4.74 Å². The standard InChI is InChI=1S/C20H18O/c1-15-13-14-18(16-9-5-3-6-10-16)19(20(15)21-2)17-11-7-4-8-12-17/h3-14H,1-2H3. The van der Waals surface area contributed by atoms with Gasteiger partial charge >= 0.3 is 0 Å². The Kier molecular flexibility index (Phi) is 3.74. The molecule has 0 aromatic heterocycles. The van der Waals surface area contributed by atoms with Gasteiger partial charge in [0.25, 0.3) is 0 Å². The van der Waals surface area contributed by atoms with Crippen LogP contribution in [-0.2, 0) is 0 Å². The summed E-state index contributed by atoms with van der Waals surface area (Å²) in [6.45, 7) is 2.08. The zero-order chi connectivity index (χ0) is 14.7. The molecule has 0 fully saturated rings. The summed E-state index contributed by atoms with van der Waals surface area (Å²) in [7, 11) is 1.74. The van der Waals surface area contributed by atoms with Crippen LogP contribution in [0.3, 0.4) is 0 Å². The van der Waals surface area contributed by atoms with Crippen molar-refractivity contribution >= 4 is 0 Å². The Labute approximate surface area is 125 Å². The van der Waals surface area contributed by atoms with E-state index < -0.39 is 0 Å². The third-order valence-corrected chi connectivity index (χ3v) is 3.71. The van der Waals surface area contributed by atoms with Gasteiger partial charge in [0.2, 0.25) is 0 Å². The van der Waals surface area contributed by atoms with Crippen LogP contribution in [0.1, 0.15) is 5.56 Å². The molecule has 0 atom stereocenters. The Hall–Kier alpha value is -2.54. The largest absolute Gasteiger partial charge is 0.496 e. The highest BCUT2D eigenvalue weighted by atomic mass is 16.5. The molecule has 3 aromatic carbocycles. The monoisotopic (exact) mass is 274 g/mol. The van der Waals surface area contributed by atoms with Crippen molar-refractivity contribution in [2.24, 2.45) is 0 Å². The first kappa shape index (κ1) is 13.4. The Bertz CT molecular complexity index is 731. The van der Waals surface area contributed by atoms with Gasteiger partial charge in [-0.15, -0.1) is 0 Å². The fourth-order valence-electron chi connectivity index (χ4n) is 2.70. The van der Waals surface area contributed by atoms with Gasteiger partial charge in [-0.2, -0.15) is 0 Å². The van der Waals surface area contributed by atoms with Crippen LogP contribution in [0, 0.1) is 6.92 Å². The van der Waals surface area contributed by atoms with Crippen LogP contribution in [0.5, 0.6) is 5.75 Å². The van der Waals surface area contributed by atoms with E-state index in [0.29, 0.717) is 0 Å². The average Bonchev–Trinajstić information content (AvgIpc) is 2.56. The molecule has 3 aromatic rings. The Morgan fingerprint density at radius 3 is 1.81 bits per heavy atom. The molecule has 0 amide bonds. The Balaban J connectivity index is 2.31. The van der Waals surface area contributed by atoms with Crippen LogP contribution < -0.4 is 4.74 Å². The minimum Gasteiger partial charge on any atom is -0.496 e. The van der Waals surface area contributed by atoms with Crippen molar-refractivity contribution in [2.45, 2.75) is 6.92 Å². The molecule has 21 heavy (non-hydrogen) atoms. The molecule has 0 unspecified atom stereocenters. The zero-order valence-electron chi connectivity index (χ0n) is 12.3. The summed E-state index contributed by atoms with van der Waals surface area (Å²) in [5, 5.41) is 0. The van der Waals surface area contributed by atoms with E-state index in [0.717, 1.165) is 16.9 Å². The second-order valence-corrected chi connectivity index (χ2v) is 5.07. The normalized spacial score (nSPS) is 10.4. The number of aryl methyl sites for hydroxylation is 1. The highest BCUT2D eigenvalue weighted by molar-refractivity contribution is 5.88. The Morgan fingerprint density at radius 2 is 1.24 bits per heavy atom. The van der Waals surface area contributed by atoms with Gasteiger partial charge in [-0.05, 0) is 29.2 Å². The van der Waals surface area contributed by atoms with E-state index in [2.05, 4.69) is 67.6 Å². The molecule has 1 nitrogen and oxygen atoms in total. The summed E-state index contributed by atoms with van der Waals surface area (Å²) in [4.78, 5) is 0. The molecule has 0 N–H and O–H groups in total. The first-order valence-electron chi connectivity index (χ1n) is 7.09. The van der Waals surface area contributed by atoms with Crippen molar-refractivity contribution in [2.75, 3.05) is 7.11 Å². The molecule has 3 rings (SSSR count). The first-order chi connectivity index (χ1) is 10.3. The van der Waals surface area contributed by atoms with Gasteiger partial charge in [-0.25, -0.2) is 0 Å². The summed E-state index contributed by atoms with van der Waals surface area (Å²) in [5.74, 6) is 0.947. The van der Waals surface area contributed by atoms with E-state index >= 15 is 0 Å². The number of ether oxygens (including phenoxy) is 1. The number of hydrogen-bond donors (Lipinski definition) is 0. The first-order valence-corrected chi connectivity index (χ1v) is 7.09. The molecule has 0 aliphatic heterocycles. The molecule has 0 saturated heterocycles. The SMILES string of the molecule is COc1c(C)ccc(-c2ccccc2)c1-c1ccccc1. The lowest BCUT2D eigenvalue weighted by Crippen LogP contribution is -1.94. The molecular formula is C20H18O. The van der Waals surface area contributed by atoms with Gasteiger partial charge in [-0.1, -0.05) is 72.8 Å². The number of rotatable bonds is 3. The van der Waals surface area contributed by atoms with Crippen molar-refractivity contribution < 1.29 is 4.74 Å². The predicted molar refractivity (Wildman–Crippen MR) is 88.6 cm³/mol. The molecule has 0 aliphatic carbocycles. The number of methoxy groups -OCH3 is 1. The third-order valence-electron chi connectivity index (χ3n) is 3.71. The van der Waals surface area contributed by atoms with Crippen LogP contribution >= 0.6 is 0 Å². The average molecular weight is 274 g/mol. The molecule has 0 radical (unpaired) electrons. The van der Waals surface area contributed by atoms with E-state index in [1.54, 1.807) is 7.11 Å². The highest BCUT2D eigenvalue weighted by Gasteiger charge is 2.14. The molecule has 0 bridgehead atoms. The maximum absolute atomic E-state index is 5.69.